The number of ether oxygens (including phenoxy) is 1. The number of carbonyl (C=O) groups is 1. The molecule has 1 fully saturated rings. The molecule has 1 aromatic carbocycles. The van der Waals surface area contributed by atoms with Crippen molar-refractivity contribution in [1.29, 1.82) is 0 Å². The third-order valence-corrected chi connectivity index (χ3v) is 4.89. The number of hydrogen-bond acceptors (Lipinski definition) is 5. The largest absolute Gasteiger partial charge is 0.376 e. The normalized spacial score (nSPS) is 19.5. The zero-order chi connectivity index (χ0) is 18.8. The Kier molecular flexibility index (Phi) is 4.98. The van der Waals surface area contributed by atoms with Crippen LogP contribution in [0.1, 0.15) is 34.5 Å². The summed E-state index contributed by atoms with van der Waals surface area (Å²) in [6.45, 7) is 2.50. The van der Waals surface area contributed by atoms with E-state index >= 15 is 0 Å². The number of halogens is 2. The summed E-state index contributed by atoms with van der Waals surface area (Å²) in [6.07, 6.45) is 4.16. The topological polar surface area (TPSA) is 67.4 Å². The minimum absolute atomic E-state index is 0.183. The lowest BCUT2D eigenvalue weighted by Gasteiger charge is -2.33. The molecule has 6 nitrogen and oxygen atoms in total. The molecule has 2 aliphatic rings. The van der Waals surface area contributed by atoms with Gasteiger partial charge in [-0.15, -0.1) is 0 Å². The molecule has 4 rings (SSSR count). The van der Waals surface area contributed by atoms with Crippen LogP contribution in [0.3, 0.4) is 0 Å². The first-order chi connectivity index (χ1) is 13.1. The van der Waals surface area contributed by atoms with Crippen LogP contribution >= 0.6 is 0 Å². The molecule has 1 amide bonds. The fraction of sp³-hybridized carbons (Fsp3) is 0.421. The Bertz CT molecular complexity index is 862. The van der Waals surface area contributed by atoms with E-state index in [-0.39, 0.29) is 11.6 Å². The fourth-order valence-corrected chi connectivity index (χ4v) is 3.48. The van der Waals surface area contributed by atoms with Gasteiger partial charge in [0.2, 0.25) is 5.95 Å². The third kappa shape index (κ3) is 3.90. The highest BCUT2D eigenvalue weighted by atomic mass is 19.1. The van der Waals surface area contributed by atoms with Gasteiger partial charge in [-0.2, -0.15) is 0 Å². The van der Waals surface area contributed by atoms with Gasteiger partial charge in [-0.05, 0) is 31.0 Å². The predicted octanol–water partition coefficient (Wildman–Crippen LogP) is 2.23. The van der Waals surface area contributed by atoms with Crippen molar-refractivity contribution in [3.8, 4) is 0 Å². The van der Waals surface area contributed by atoms with Crippen LogP contribution in [-0.4, -0.2) is 41.6 Å². The van der Waals surface area contributed by atoms with Crippen molar-refractivity contribution in [2.75, 3.05) is 24.6 Å². The Labute approximate surface area is 155 Å². The van der Waals surface area contributed by atoms with Crippen molar-refractivity contribution in [3.05, 3.63) is 52.9 Å². The first-order valence-corrected chi connectivity index (χ1v) is 9.03. The summed E-state index contributed by atoms with van der Waals surface area (Å²) < 4.78 is 32.5. The average molecular weight is 374 g/mol. The minimum atomic E-state index is -0.734. The maximum Gasteiger partial charge on any atom is 0.254 e. The second kappa shape index (κ2) is 7.56. The van der Waals surface area contributed by atoms with Crippen LogP contribution in [0.5, 0.6) is 0 Å². The number of aromatic nitrogens is 2. The van der Waals surface area contributed by atoms with Crippen LogP contribution in [0.4, 0.5) is 14.7 Å². The molecular weight excluding hydrogens is 354 g/mol. The molecule has 1 atom stereocenters. The molecule has 1 aromatic heterocycles. The molecule has 0 spiro atoms. The number of anilines is 1. The van der Waals surface area contributed by atoms with Crippen LogP contribution in [0, 0.1) is 11.6 Å². The van der Waals surface area contributed by atoms with Gasteiger partial charge >= 0.3 is 0 Å². The highest BCUT2D eigenvalue weighted by molar-refractivity contribution is 5.94. The quantitative estimate of drug-likeness (QED) is 0.892. The van der Waals surface area contributed by atoms with Crippen LogP contribution < -0.4 is 10.2 Å². The Balaban J connectivity index is 1.45. The van der Waals surface area contributed by atoms with E-state index in [2.05, 4.69) is 15.3 Å². The zero-order valence-electron chi connectivity index (χ0n) is 14.8. The van der Waals surface area contributed by atoms with E-state index in [1.807, 2.05) is 4.90 Å². The van der Waals surface area contributed by atoms with Gasteiger partial charge in [0.1, 0.15) is 11.6 Å². The van der Waals surface area contributed by atoms with E-state index < -0.39 is 17.5 Å². The second-order valence-corrected chi connectivity index (χ2v) is 6.83. The van der Waals surface area contributed by atoms with Crippen LogP contribution in [-0.2, 0) is 17.8 Å². The van der Waals surface area contributed by atoms with Crippen molar-refractivity contribution in [2.45, 2.75) is 31.9 Å². The first kappa shape index (κ1) is 17.8. The molecular formula is C19H20F2N4O2. The number of nitrogens with one attached hydrogen (secondary N) is 1. The number of piperidine rings is 1. The average Bonchev–Trinajstić information content (AvgIpc) is 2.69. The summed E-state index contributed by atoms with van der Waals surface area (Å²) >= 11 is 0. The molecule has 1 N–H and O–H groups in total. The fourth-order valence-electron chi connectivity index (χ4n) is 3.48. The molecule has 0 radical (unpaired) electrons. The molecule has 27 heavy (non-hydrogen) atoms. The smallest absolute Gasteiger partial charge is 0.254 e. The molecule has 142 valence electrons. The molecule has 8 heteroatoms. The van der Waals surface area contributed by atoms with Crippen molar-refractivity contribution >= 4 is 11.9 Å². The SMILES string of the molecule is O=C(NC1CCCN(c2ncc3c(n2)CCOC3)C1)c1cc(F)ccc1F. The Hall–Kier alpha value is -2.61. The van der Waals surface area contributed by atoms with Gasteiger partial charge in [-0.25, -0.2) is 18.7 Å². The van der Waals surface area contributed by atoms with E-state index in [9.17, 15) is 13.6 Å². The zero-order valence-corrected chi connectivity index (χ0v) is 14.8. The van der Waals surface area contributed by atoms with Crippen LogP contribution in [0.25, 0.3) is 0 Å². The summed E-state index contributed by atoms with van der Waals surface area (Å²) in [7, 11) is 0. The molecule has 0 aliphatic carbocycles. The van der Waals surface area contributed by atoms with E-state index in [1.165, 1.54) is 0 Å². The second-order valence-electron chi connectivity index (χ2n) is 6.83. The molecule has 0 bridgehead atoms. The molecule has 1 unspecified atom stereocenters. The Morgan fingerprint density at radius 2 is 2.22 bits per heavy atom. The Morgan fingerprint density at radius 3 is 3.11 bits per heavy atom. The maximum absolute atomic E-state index is 13.8. The van der Waals surface area contributed by atoms with E-state index in [4.69, 9.17) is 4.74 Å². The summed E-state index contributed by atoms with van der Waals surface area (Å²) in [4.78, 5) is 23.4. The van der Waals surface area contributed by atoms with Gasteiger partial charge in [0.15, 0.2) is 0 Å². The number of fused-ring (bicyclic) bond motifs is 1. The highest BCUT2D eigenvalue weighted by Gasteiger charge is 2.25. The lowest BCUT2D eigenvalue weighted by molar-refractivity contribution is 0.0928. The number of hydrogen-bond donors (Lipinski definition) is 1. The number of carbonyl (C=O) groups excluding carboxylic acids is 1. The molecule has 2 aromatic rings. The van der Waals surface area contributed by atoms with Gasteiger partial charge in [0, 0.05) is 37.3 Å². The number of nitrogens with zero attached hydrogens (tertiary/aromatic N) is 3. The van der Waals surface area contributed by atoms with E-state index in [1.54, 1.807) is 6.20 Å². The number of amides is 1. The van der Waals surface area contributed by atoms with Crippen molar-refractivity contribution in [2.24, 2.45) is 0 Å². The van der Waals surface area contributed by atoms with E-state index in [0.29, 0.717) is 25.7 Å². The molecule has 0 saturated carbocycles. The Morgan fingerprint density at radius 1 is 1.33 bits per heavy atom. The van der Waals surface area contributed by atoms with Crippen LogP contribution in [0.2, 0.25) is 0 Å². The summed E-state index contributed by atoms with van der Waals surface area (Å²) in [5.41, 5.74) is 1.73. The van der Waals surface area contributed by atoms with Crippen molar-refractivity contribution in [3.63, 3.8) is 0 Å². The molecule has 2 aliphatic heterocycles. The molecule has 1 saturated heterocycles. The maximum atomic E-state index is 13.8. The highest BCUT2D eigenvalue weighted by Crippen LogP contribution is 2.21. The summed E-state index contributed by atoms with van der Waals surface area (Å²) in [6, 6.07) is 2.69. The third-order valence-electron chi connectivity index (χ3n) is 4.89. The first-order valence-electron chi connectivity index (χ1n) is 9.03. The van der Waals surface area contributed by atoms with Crippen molar-refractivity contribution in [1.82, 2.24) is 15.3 Å². The molecule has 3 heterocycles. The lowest BCUT2D eigenvalue weighted by atomic mass is 10.0. The summed E-state index contributed by atoms with van der Waals surface area (Å²) in [5.74, 6) is -1.35. The number of benzene rings is 1. The van der Waals surface area contributed by atoms with Gasteiger partial charge in [0.25, 0.3) is 5.91 Å². The van der Waals surface area contributed by atoms with Crippen LogP contribution in [0.15, 0.2) is 24.4 Å². The van der Waals surface area contributed by atoms with Gasteiger partial charge in [-0.1, -0.05) is 0 Å². The predicted molar refractivity (Wildman–Crippen MR) is 94.5 cm³/mol. The number of rotatable bonds is 3. The van der Waals surface area contributed by atoms with Gasteiger partial charge in [0.05, 0.1) is 24.5 Å². The van der Waals surface area contributed by atoms with E-state index in [0.717, 1.165) is 55.3 Å². The van der Waals surface area contributed by atoms with Crippen molar-refractivity contribution < 1.29 is 18.3 Å². The van der Waals surface area contributed by atoms with Gasteiger partial charge in [-0.3, -0.25) is 4.79 Å². The lowest BCUT2D eigenvalue weighted by Crippen LogP contribution is -2.48. The summed E-state index contributed by atoms with van der Waals surface area (Å²) in [5, 5.41) is 2.80. The standard InChI is InChI=1S/C19H20F2N4O2/c20-13-3-4-16(21)15(8-13)18(26)23-14-2-1-6-25(10-14)19-22-9-12-11-27-7-5-17(12)24-19/h3-4,8-9,14H,1-2,5-7,10-11H2,(H,23,26). The monoisotopic (exact) mass is 374 g/mol. The van der Waals surface area contributed by atoms with Gasteiger partial charge < -0.3 is 15.0 Å². The minimum Gasteiger partial charge on any atom is -0.376 e.